The fraction of sp³-hybridized carbons (Fsp3) is 0.211. The second kappa shape index (κ2) is 7.43. The summed E-state index contributed by atoms with van der Waals surface area (Å²) in [6, 6.07) is 6.81. The highest BCUT2D eigenvalue weighted by Gasteiger charge is 2.31. The monoisotopic (exact) mass is 413 g/mol. The number of halogens is 1. The van der Waals surface area contributed by atoms with Gasteiger partial charge in [0.2, 0.25) is 5.43 Å². The molecule has 0 saturated carbocycles. The summed E-state index contributed by atoms with van der Waals surface area (Å²) in [5.41, 5.74) is -0.341. The summed E-state index contributed by atoms with van der Waals surface area (Å²) in [4.78, 5) is 38.4. The number of pyridine rings is 1. The lowest BCUT2D eigenvalue weighted by Gasteiger charge is -2.31. The number of rotatable bonds is 4. The predicted molar refractivity (Wildman–Crippen MR) is 99.8 cm³/mol. The van der Waals surface area contributed by atoms with Gasteiger partial charge in [-0.2, -0.15) is 0 Å². The highest BCUT2D eigenvalue weighted by Crippen LogP contribution is 2.24. The molecule has 0 spiro atoms. The Bertz CT molecular complexity index is 1200. The van der Waals surface area contributed by atoms with Gasteiger partial charge in [-0.3, -0.25) is 9.59 Å². The number of ether oxygens (including phenoxy) is 1. The largest absolute Gasteiger partial charge is 0.503 e. The quantitative estimate of drug-likeness (QED) is 0.626. The van der Waals surface area contributed by atoms with Crippen LogP contribution in [0, 0.1) is 5.82 Å². The van der Waals surface area contributed by atoms with Crippen molar-refractivity contribution in [1.82, 2.24) is 24.5 Å². The lowest BCUT2D eigenvalue weighted by Crippen LogP contribution is -2.42. The van der Waals surface area contributed by atoms with Crippen LogP contribution < -0.4 is 5.43 Å². The average Bonchev–Trinajstić information content (AvgIpc) is 3.23. The molecular formula is C19H16FN5O5. The van der Waals surface area contributed by atoms with Crippen LogP contribution in [0.5, 0.6) is 5.75 Å². The number of aromatic hydroxyl groups is 1. The fourth-order valence-corrected chi connectivity index (χ4v) is 3.26. The minimum Gasteiger partial charge on any atom is -0.503 e. The number of esters is 1. The molecule has 1 N–H and O–H groups in total. The molecule has 3 aromatic rings. The predicted octanol–water partition coefficient (Wildman–Crippen LogP) is 0.716. The molecule has 4 rings (SSSR count). The van der Waals surface area contributed by atoms with E-state index in [1.807, 2.05) is 0 Å². The molecule has 0 saturated heterocycles. The van der Waals surface area contributed by atoms with Gasteiger partial charge in [0.05, 0.1) is 13.3 Å². The molecule has 1 aliphatic rings. The molecule has 1 amide bonds. The van der Waals surface area contributed by atoms with Crippen molar-refractivity contribution in [1.29, 1.82) is 0 Å². The van der Waals surface area contributed by atoms with Crippen molar-refractivity contribution < 1.29 is 23.8 Å². The Balaban J connectivity index is 1.72. The van der Waals surface area contributed by atoms with Gasteiger partial charge in [0.1, 0.15) is 11.6 Å². The third-order valence-electron chi connectivity index (χ3n) is 4.76. The number of aromatic nitrogens is 4. The summed E-state index contributed by atoms with van der Waals surface area (Å²) in [6.07, 6.45) is 1.26. The zero-order valence-electron chi connectivity index (χ0n) is 15.8. The Kier molecular flexibility index (Phi) is 4.78. The minimum absolute atomic E-state index is 0.0764. The van der Waals surface area contributed by atoms with E-state index in [4.69, 9.17) is 0 Å². The number of fused-ring (bicyclic) bond motifs is 1. The van der Waals surface area contributed by atoms with E-state index in [2.05, 4.69) is 15.0 Å². The lowest BCUT2D eigenvalue weighted by atomic mass is 10.1. The number of benzene rings is 1. The number of nitrogens with zero attached hydrogens (tertiary/aromatic N) is 5. The SMILES string of the molecule is COC(=O)c1cn(-c2cc(=O)c(O)c3n2CCN(Cc2ccc(F)cc2)C3=O)nn1. The van der Waals surface area contributed by atoms with Crippen molar-refractivity contribution in [3.8, 4) is 11.6 Å². The third-order valence-corrected chi connectivity index (χ3v) is 4.76. The van der Waals surface area contributed by atoms with E-state index < -0.39 is 23.1 Å². The van der Waals surface area contributed by atoms with Crippen LogP contribution in [0.2, 0.25) is 0 Å². The molecule has 11 heteroatoms. The van der Waals surface area contributed by atoms with E-state index in [0.717, 1.165) is 6.07 Å². The lowest BCUT2D eigenvalue weighted by molar-refractivity contribution is 0.0593. The second-order valence-electron chi connectivity index (χ2n) is 6.61. The van der Waals surface area contributed by atoms with Crippen molar-refractivity contribution in [2.75, 3.05) is 13.7 Å². The second-order valence-corrected chi connectivity index (χ2v) is 6.61. The normalized spacial score (nSPS) is 13.3. The number of carbonyl (C=O) groups excluding carboxylic acids is 2. The topological polar surface area (TPSA) is 120 Å². The Morgan fingerprint density at radius 2 is 1.97 bits per heavy atom. The first-order chi connectivity index (χ1) is 14.4. The number of hydrogen-bond acceptors (Lipinski definition) is 7. The highest BCUT2D eigenvalue weighted by molar-refractivity contribution is 5.96. The summed E-state index contributed by atoms with van der Waals surface area (Å²) in [5.74, 6) is -2.16. The van der Waals surface area contributed by atoms with Crippen molar-refractivity contribution in [3.63, 3.8) is 0 Å². The molecule has 0 unspecified atom stereocenters. The van der Waals surface area contributed by atoms with Crippen molar-refractivity contribution >= 4 is 11.9 Å². The van der Waals surface area contributed by atoms with Gasteiger partial charge in [0, 0.05) is 25.7 Å². The van der Waals surface area contributed by atoms with E-state index in [9.17, 15) is 23.9 Å². The Hall–Kier alpha value is -4.02. The van der Waals surface area contributed by atoms with E-state index in [0.29, 0.717) is 5.56 Å². The molecule has 0 radical (unpaired) electrons. The van der Waals surface area contributed by atoms with Crippen LogP contribution in [-0.4, -0.2) is 55.1 Å². The Morgan fingerprint density at radius 1 is 1.23 bits per heavy atom. The maximum atomic E-state index is 13.1. The van der Waals surface area contributed by atoms with E-state index in [1.165, 1.54) is 39.6 Å². The van der Waals surface area contributed by atoms with Crippen LogP contribution in [0.1, 0.15) is 26.5 Å². The third kappa shape index (κ3) is 3.30. The van der Waals surface area contributed by atoms with Crippen LogP contribution in [0.3, 0.4) is 0 Å². The fourth-order valence-electron chi connectivity index (χ4n) is 3.26. The average molecular weight is 413 g/mol. The van der Waals surface area contributed by atoms with Gasteiger partial charge in [-0.25, -0.2) is 13.9 Å². The van der Waals surface area contributed by atoms with E-state index in [-0.39, 0.29) is 42.7 Å². The van der Waals surface area contributed by atoms with Crippen LogP contribution in [0.25, 0.3) is 5.82 Å². The van der Waals surface area contributed by atoms with Gasteiger partial charge >= 0.3 is 5.97 Å². The number of carbonyl (C=O) groups is 2. The van der Waals surface area contributed by atoms with Crippen LogP contribution in [0.15, 0.2) is 41.3 Å². The maximum absolute atomic E-state index is 13.1. The molecule has 2 aromatic heterocycles. The van der Waals surface area contributed by atoms with Gasteiger partial charge in [0.15, 0.2) is 17.1 Å². The number of hydrogen-bond donors (Lipinski definition) is 1. The first kappa shape index (κ1) is 19.3. The number of amides is 1. The Labute approximate surface area is 168 Å². The smallest absolute Gasteiger partial charge is 0.360 e. The van der Waals surface area contributed by atoms with Crippen LogP contribution >= 0.6 is 0 Å². The molecule has 0 fully saturated rings. The zero-order valence-corrected chi connectivity index (χ0v) is 15.8. The van der Waals surface area contributed by atoms with Gasteiger partial charge in [0.25, 0.3) is 5.91 Å². The molecule has 0 aliphatic carbocycles. The van der Waals surface area contributed by atoms with Crippen molar-refractivity contribution in [2.45, 2.75) is 13.1 Å². The molecule has 3 heterocycles. The van der Waals surface area contributed by atoms with Crippen molar-refractivity contribution in [2.24, 2.45) is 0 Å². The molecule has 0 bridgehead atoms. The van der Waals surface area contributed by atoms with Gasteiger partial charge in [-0.1, -0.05) is 17.3 Å². The molecule has 0 atom stereocenters. The molecule has 1 aliphatic heterocycles. The summed E-state index contributed by atoms with van der Waals surface area (Å²) in [7, 11) is 1.20. The summed E-state index contributed by atoms with van der Waals surface area (Å²) in [5, 5.41) is 17.8. The van der Waals surface area contributed by atoms with Crippen molar-refractivity contribution in [3.05, 3.63) is 69.5 Å². The molecule has 1 aromatic carbocycles. The first-order valence-electron chi connectivity index (χ1n) is 8.90. The summed E-state index contributed by atoms with van der Waals surface area (Å²) < 4.78 is 20.3. The Morgan fingerprint density at radius 3 is 2.67 bits per heavy atom. The molecule has 30 heavy (non-hydrogen) atoms. The standard InChI is InChI=1S/C19H16FN5O5/c1-30-19(29)13-10-25(22-21-13)15-8-14(26)17(27)16-18(28)23(6-7-24(15)16)9-11-2-4-12(20)5-3-11/h2-5,8,10,27H,6-7,9H2,1H3. The minimum atomic E-state index is -0.775. The summed E-state index contributed by atoms with van der Waals surface area (Å²) in [6.45, 7) is 0.711. The van der Waals surface area contributed by atoms with Gasteiger partial charge in [-0.15, -0.1) is 5.10 Å². The molecule has 154 valence electrons. The number of methoxy groups -OCH3 is 1. The molecule has 10 nitrogen and oxygen atoms in total. The maximum Gasteiger partial charge on any atom is 0.360 e. The van der Waals surface area contributed by atoms with E-state index in [1.54, 1.807) is 12.1 Å². The van der Waals surface area contributed by atoms with E-state index >= 15 is 0 Å². The molecular weight excluding hydrogens is 397 g/mol. The van der Waals surface area contributed by atoms with Crippen LogP contribution in [-0.2, 0) is 17.8 Å². The zero-order chi connectivity index (χ0) is 21.4. The van der Waals surface area contributed by atoms with Crippen LogP contribution in [0.4, 0.5) is 4.39 Å². The van der Waals surface area contributed by atoms with Gasteiger partial charge < -0.3 is 19.3 Å². The summed E-state index contributed by atoms with van der Waals surface area (Å²) >= 11 is 0. The first-order valence-corrected chi connectivity index (χ1v) is 8.90. The highest BCUT2D eigenvalue weighted by atomic mass is 19.1. The van der Waals surface area contributed by atoms with Gasteiger partial charge in [-0.05, 0) is 17.7 Å².